The van der Waals surface area contributed by atoms with Crippen LogP contribution >= 0.6 is 0 Å². The molecular weight excluding hydrogens is 287 g/mol. The molecule has 2 N–H and O–H groups in total. The van der Waals surface area contributed by atoms with Gasteiger partial charge in [-0.15, -0.1) is 0 Å². The Bertz CT molecular complexity index is 704. The lowest BCUT2D eigenvalue weighted by atomic mass is 9.70. The second-order valence-corrected chi connectivity index (χ2v) is 7.26. The monoisotopic (exact) mass is 310 g/mol. The number of hydrogen-bond acceptors (Lipinski definition) is 2. The molecule has 2 nitrogen and oxygen atoms in total. The molecule has 2 aromatic carbocycles. The fraction of sp³-hybridized carbons (Fsp3) is 0.400. The van der Waals surface area contributed by atoms with Crippen molar-refractivity contribution in [2.24, 2.45) is 5.73 Å². The van der Waals surface area contributed by atoms with Crippen LogP contribution in [0.3, 0.4) is 0 Å². The minimum Gasteiger partial charge on any atom is -0.328 e. The normalized spacial score (nSPS) is 30.6. The van der Waals surface area contributed by atoms with Crippen molar-refractivity contribution in [1.82, 2.24) is 4.90 Å². The third-order valence-corrected chi connectivity index (χ3v) is 5.57. The van der Waals surface area contributed by atoms with Gasteiger partial charge in [0.05, 0.1) is 6.04 Å². The summed E-state index contributed by atoms with van der Waals surface area (Å²) < 4.78 is 13.4. The van der Waals surface area contributed by atoms with Gasteiger partial charge in [-0.25, -0.2) is 4.39 Å². The number of fused-ring (bicyclic) bond motifs is 1. The van der Waals surface area contributed by atoms with Gasteiger partial charge in [0.1, 0.15) is 5.82 Å². The van der Waals surface area contributed by atoms with E-state index in [0.717, 1.165) is 25.8 Å². The number of rotatable bonds is 2. The molecule has 1 aliphatic heterocycles. The van der Waals surface area contributed by atoms with Crippen molar-refractivity contribution in [3.8, 4) is 0 Å². The molecule has 0 amide bonds. The first-order chi connectivity index (χ1) is 11.1. The molecule has 120 valence electrons. The number of benzene rings is 2. The van der Waals surface area contributed by atoms with Crippen molar-refractivity contribution in [3.05, 3.63) is 71.0 Å². The summed E-state index contributed by atoms with van der Waals surface area (Å²) in [6.07, 6.45) is 3.14. The van der Waals surface area contributed by atoms with Crippen molar-refractivity contribution in [3.63, 3.8) is 0 Å². The SMILES string of the molecule is CC1(N2CCc3ccccc3[C@@H]2c2ccc(F)cc2)CC(N)C1. The summed E-state index contributed by atoms with van der Waals surface area (Å²) in [6.45, 7) is 3.35. The third kappa shape index (κ3) is 2.48. The number of nitrogens with zero attached hydrogens (tertiary/aromatic N) is 1. The fourth-order valence-corrected chi connectivity index (χ4v) is 4.46. The van der Waals surface area contributed by atoms with Gasteiger partial charge in [0.2, 0.25) is 0 Å². The van der Waals surface area contributed by atoms with Gasteiger partial charge in [0.15, 0.2) is 0 Å². The zero-order valence-electron chi connectivity index (χ0n) is 13.5. The van der Waals surface area contributed by atoms with E-state index in [1.54, 1.807) is 12.1 Å². The fourth-order valence-electron chi connectivity index (χ4n) is 4.46. The summed E-state index contributed by atoms with van der Waals surface area (Å²) in [6, 6.07) is 16.2. The van der Waals surface area contributed by atoms with Gasteiger partial charge in [0, 0.05) is 18.1 Å². The Labute approximate surface area is 137 Å². The van der Waals surface area contributed by atoms with E-state index in [1.807, 2.05) is 12.1 Å². The maximum absolute atomic E-state index is 13.4. The Morgan fingerprint density at radius 1 is 1.09 bits per heavy atom. The first-order valence-corrected chi connectivity index (χ1v) is 8.42. The Hall–Kier alpha value is -1.71. The summed E-state index contributed by atoms with van der Waals surface area (Å²) in [5, 5.41) is 0. The van der Waals surface area contributed by atoms with Gasteiger partial charge < -0.3 is 5.73 Å². The van der Waals surface area contributed by atoms with Crippen LogP contribution in [0, 0.1) is 5.82 Å². The van der Waals surface area contributed by atoms with Crippen LogP contribution in [-0.4, -0.2) is 23.0 Å². The molecule has 0 radical (unpaired) electrons. The van der Waals surface area contributed by atoms with Crippen LogP contribution in [0.25, 0.3) is 0 Å². The van der Waals surface area contributed by atoms with E-state index in [0.29, 0.717) is 6.04 Å². The molecule has 3 heteroatoms. The molecule has 0 spiro atoms. The average molecular weight is 310 g/mol. The van der Waals surface area contributed by atoms with Crippen molar-refractivity contribution in [2.75, 3.05) is 6.54 Å². The molecular formula is C20H23FN2. The molecule has 1 atom stereocenters. The van der Waals surface area contributed by atoms with Crippen molar-refractivity contribution in [2.45, 2.75) is 43.8 Å². The highest BCUT2D eigenvalue weighted by molar-refractivity contribution is 5.40. The summed E-state index contributed by atoms with van der Waals surface area (Å²) >= 11 is 0. The van der Waals surface area contributed by atoms with E-state index in [-0.39, 0.29) is 17.4 Å². The number of hydrogen-bond donors (Lipinski definition) is 1. The first kappa shape index (κ1) is 14.9. The molecule has 1 heterocycles. The van der Waals surface area contributed by atoms with Gasteiger partial charge >= 0.3 is 0 Å². The molecule has 2 aromatic rings. The minimum atomic E-state index is -0.179. The molecule has 1 fully saturated rings. The minimum absolute atomic E-state index is 0.145. The van der Waals surface area contributed by atoms with E-state index in [4.69, 9.17) is 5.73 Å². The lowest BCUT2D eigenvalue weighted by Crippen LogP contribution is -2.62. The van der Waals surface area contributed by atoms with Crippen molar-refractivity contribution >= 4 is 0 Å². The second-order valence-electron chi connectivity index (χ2n) is 7.26. The molecule has 0 aromatic heterocycles. The lowest BCUT2D eigenvalue weighted by Gasteiger charge is -2.56. The highest BCUT2D eigenvalue weighted by atomic mass is 19.1. The van der Waals surface area contributed by atoms with Crippen LogP contribution in [0.2, 0.25) is 0 Å². The zero-order valence-corrected chi connectivity index (χ0v) is 13.5. The van der Waals surface area contributed by atoms with Crippen LogP contribution in [0.15, 0.2) is 48.5 Å². The van der Waals surface area contributed by atoms with E-state index >= 15 is 0 Å². The Kier molecular flexibility index (Phi) is 3.51. The molecule has 0 unspecified atom stereocenters. The highest BCUT2D eigenvalue weighted by Crippen LogP contribution is 2.46. The van der Waals surface area contributed by atoms with Gasteiger partial charge in [-0.3, -0.25) is 4.90 Å². The van der Waals surface area contributed by atoms with Crippen molar-refractivity contribution in [1.29, 1.82) is 0 Å². The summed E-state index contributed by atoms with van der Waals surface area (Å²) in [4.78, 5) is 2.59. The molecule has 0 bridgehead atoms. The Morgan fingerprint density at radius 3 is 2.48 bits per heavy atom. The standard InChI is InChI=1S/C20H23FN2/c1-20(12-17(22)13-20)23-11-10-14-4-2-3-5-18(14)19(23)15-6-8-16(21)9-7-15/h2-9,17,19H,10-13,22H2,1H3/t17?,19-,20?/m0/s1. The summed E-state index contributed by atoms with van der Waals surface area (Å²) in [5.41, 5.74) is 10.2. The van der Waals surface area contributed by atoms with Gasteiger partial charge in [-0.05, 0) is 55.0 Å². The van der Waals surface area contributed by atoms with Gasteiger partial charge in [-0.2, -0.15) is 0 Å². The molecule has 4 rings (SSSR count). The predicted octanol–water partition coefficient (Wildman–Crippen LogP) is 3.65. The Balaban J connectivity index is 1.79. The quantitative estimate of drug-likeness (QED) is 0.917. The lowest BCUT2D eigenvalue weighted by molar-refractivity contribution is -0.00967. The van der Waals surface area contributed by atoms with Crippen LogP contribution in [0.4, 0.5) is 4.39 Å². The highest BCUT2D eigenvalue weighted by Gasteiger charge is 2.47. The topological polar surface area (TPSA) is 29.3 Å². The smallest absolute Gasteiger partial charge is 0.123 e. The molecule has 2 aliphatic rings. The second kappa shape index (κ2) is 5.43. The summed E-state index contributed by atoms with van der Waals surface area (Å²) in [7, 11) is 0. The molecule has 1 saturated carbocycles. The average Bonchev–Trinajstić information content (AvgIpc) is 2.53. The molecule has 1 aliphatic carbocycles. The van der Waals surface area contributed by atoms with Crippen molar-refractivity contribution < 1.29 is 4.39 Å². The first-order valence-electron chi connectivity index (χ1n) is 8.42. The van der Waals surface area contributed by atoms with Crippen LogP contribution in [0.5, 0.6) is 0 Å². The van der Waals surface area contributed by atoms with E-state index in [2.05, 4.69) is 36.1 Å². The third-order valence-electron chi connectivity index (χ3n) is 5.57. The van der Waals surface area contributed by atoms with Gasteiger partial charge in [0.25, 0.3) is 0 Å². The number of nitrogens with two attached hydrogens (primary N) is 1. The largest absolute Gasteiger partial charge is 0.328 e. The van der Waals surface area contributed by atoms with E-state index in [1.165, 1.54) is 16.7 Å². The van der Waals surface area contributed by atoms with E-state index in [9.17, 15) is 4.39 Å². The maximum Gasteiger partial charge on any atom is 0.123 e. The van der Waals surface area contributed by atoms with E-state index < -0.39 is 0 Å². The maximum atomic E-state index is 13.4. The molecule has 23 heavy (non-hydrogen) atoms. The van der Waals surface area contributed by atoms with Gasteiger partial charge in [-0.1, -0.05) is 36.4 Å². The van der Waals surface area contributed by atoms with Crippen LogP contribution in [-0.2, 0) is 6.42 Å². The number of halogens is 1. The Morgan fingerprint density at radius 2 is 1.78 bits per heavy atom. The zero-order chi connectivity index (χ0) is 16.0. The van der Waals surface area contributed by atoms with Crippen LogP contribution < -0.4 is 5.73 Å². The molecule has 0 saturated heterocycles. The van der Waals surface area contributed by atoms with Crippen LogP contribution in [0.1, 0.15) is 42.5 Å². The summed E-state index contributed by atoms with van der Waals surface area (Å²) in [5.74, 6) is -0.179. The predicted molar refractivity (Wildman–Crippen MR) is 90.7 cm³/mol.